The number of hydrogen-bond donors (Lipinski definition) is 3. The molecule has 144 valence electrons. The molecule has 26 heavy (non-hydrogen) atoms. The van der Waals surface area contributed by atoms with E-state index in [1.807, 2.05) is 24.3 Å². The molecule has 1 atom stereocenters. The Morgan fingerprint density at radius 2 is 1.96 bits per heavy atom. The van der Waals surface area contributed by atoms with Gasteiger partial charge in [-0.2, -0.15) is 0 Å². The van der Waals surface area contributed by atoms with Crippen molar-refractivity contribution in [3.05, 3.63) is 29.8 Å². The van der Waals surface area contributed by atoms with Gasteiger partial charge >= 0.3 is 0 Å². The van der Waals surface area contributed by atoms with E-state index in [1.54, 1.807) is 0 Å². The Balaban J connectivity index is 1.97. The topological polar surface area (TPSA) is 65.5 Å². The molecule has 5 heteroatoms. The van der Waals surface area contributed by atoms with Crippen molar-refractivity contribution in [1.82, 2.24) is 10.6 Å². The molecule has 3 N–H and O–H groups in total. The average Bonchev–Trinajstić information content (AvgIpc) is 3.15. The van der Waals surface area contributed by atoms with Gasteiger partial charge in [0.15, 0.2) is 5.96 Å². The van der Waals surface area contributed by atoms with E-state index in [0.717, 1.165) is 36.6 Å². The predicted octanol–water partition coefficient (Wildman–Crippen LogP) is 3.91. The van der Waals surface area contributed by atoms with Gasteiger partial charge in [-0.15, -0.1) is 0 Å². The van der Waals surface area contributed by atoms with Gasteiger partial charge in [0.1, 0.15) is 0 Å². The largest absolute Gasteiger partial charge is 0.357 e. The summed E-state index contributed by atoms with van der Waals surface area (Å²) in [6.07, 6.45) is 4.37. The van der Waals surface area contributed by atoms with Gasteiger partial charge in [0, 0.05) is 24.2 Å². The lowest BCUT2D eigenvalue weighted by molar-refractivity contribution is -0.119. The number of carbonyl (C=O) groups is 1. The number of nitrogens with zero attached hydrogens (tertiary/aromatic N) is 1. The van der Waals surface area contributed by atoms with Gasteiger partial charge in [0.25, 0.3) is 0 Å². The molecule has 0 aliphatic heterocycles. The van der Waals surface area contributed by atoms with Crippen LogP contribution in [-0.2, 0) is 11.3 Å². The van der Waals surface area contributed by atoms with Gasteiger partial charge in [-0.05, 0) is 50.3 Å². The third-order valence-electron chi connectivity index (χ3n) is 5.05. The van der Waals surface area contributed by atoms with E-state index in [0.29, 0.717) is 18.5 Å². The van der Waals surface area contributed by atoms with Gasteiger partial charge in [-0.3, -0.25) is 4.79 Å². The van der Waals surface area contributed by atoms with Crippen molar-refractivity contribution < 1.29 is 4.79 Å². The van der Waals surface area contributed by atoms with Crippen LogP contribution in [0.15, 0.2) is 29.3 Å². The maximum atomic E-state index is 12.3. The summed E-state index contributed by atoms with van der Waals surface area (Å²) >= 11 is 0. The van der Waals surface area contributed by atoms with Crippen molar-refractivity contribution in [3.63, 3.8) is 0 Å². The van der Waals surface area contributed by atoms with Crippen molar-refractivity contribution in [2.24, 2.45) is 16.8 Å². The first-order valence-corrected chi connectivity index (χ1v) is 9.94. The SMILES string of the molecule is CCNC(=NCc1cccc(NC(=O)C2CCCC2)c1)NC(C)C(C)C. The number of nitrogens with one attached hydrogen (secondary N) is 3. The Hall–Kier alpha value is -2.04. The van der Waals surface area contributed by atoms with E-state index in [9.17, 15) is 4.79 Å². The first-order chi connectivity index (χ1) is 12.5. The molecule has 1 amide bonds. The van der Waals surface area contributed by atoms with Crippen LogP contribution in [0, 0.1) is 11.8 Å². The van der Waals surface area contributed by atoms with Gasteiger partial charge in [-0.1, -0.05) is 38.8 Å². The molecule has 0 aromatic heterocycles. The molecule has 2 rings (SSSR count). The van der Waals surface area contributed by atoms with E-state index in [1.165, 1.54) is 12.8 Å². The number of rotatable bonds is 7. The van der Waals surface area contributed by atoms with E-state index < -0.39 is 0 Å². The van der Waals surface area contributed by atoms with Crippen molar-refractivity contribution in [2.45, 2.75) is 66.0 Å². The normalized spacial score (nSPS) is 16.6. The Labute approximate surface area is 158 Å². The minimum atomic E-state index is 0.156. The van der Waals surface area contributed by atoms with E-state index >= 15 is 0 Å². The van der Waals surface area contributed by atoms with Crippen molar-refractivity contribution in [1.29, 1.82) is 0 Å². The van der Waals surface area contributed by atoms with Crippen LogP contribution >= 0.6 is 0 Å². The maximum absolute atomic E-state index is 12.3. The second-order valence-electron chi connectivity index (χ2n) is 7.54. The summed E-state index contributed by atoms with van der Waals surface area (Å²) in [4.78, 5) is 17.0. The van der Waals surface area contributed by atoms with Gasteiger partial charge in [0.2, 0.25) is 5.91 Å². The summed E-state index contributed by atoms with van der Waals surface area (Å²) in [7, 11) is 0. The van der Waals surface area contributed by atoms with Gasteiger partial charge in [0.05, 0.1) is 6.54 Å². The molecule has 0 saturated heterocycles. The highest BCUT2D eigenvalue weighted by molar-refractivity contribution is 5.92. The highest BCUT2D eigenvalue weighted by Crippen LogP contribution is 2.26. The number of aliphatic imine (C=N–C) groups is 1. The van der Waals surface area contributed by atoms with Crippen LogP contribution in [0.25, 0.3) is 0 Å². The zero-order valence-electron chi connectivity index (χ0n) is 16.6. The molecule has 0 bridgehead atoms. The number of benzene rings is 1. The molecule has 5 nitrogen and oxygen atoms in total. The molecule has 1 aromatic carbocycles. The monoisotopic (exact) mass is 358 g/mol. The minimum Gasteiger partial charge on any atom is -0.357 e. The lowest BCUT2D eigenvalue weighted by Gasteiger charge is -2.20. The van der Waals surface area contributed by atoms with Crippen molar-refractivity contribution in [2.75, 3.05) is 11.9 Å². The van der Waals surface area contributed by atoms with Crippen LogP contribution in [0.2, 0.25) is 0 Å². The summed E-state index contributed by atoms with van der Waals surface area (Å²) in [6, 6.07) is 8.34. The van der Waals surface area contributed by atoms with Crippen LogP contribution in [0.5, 0.6) is 0 Å². The summed E-state index contributed by atoms with van der Waals surface area (Å²) in [5, 5.41) is 9.80. The fourth-order valence-corrected chi connectivity index (χ4v) is 3.05. The lowest BCUT2D eigenvalue weighted by atomic mass is 10.1. The van der Waals surface area contributed by atoms with Crippen molar-refractivity contribution >= 4 is 17.6 Å². The molecule has 1 unspecified atom stereocenters. The number of hydrogen-bond acceptors (Lipinski definition) is 2. The number of amides is 1. The van der Waals surface area contributed by atoms with Crippen LogP contribution in [0.1, 0.15) is 58.9 Å². The third-order valence-corrected chi connectivity index (χ3v) is 5.05. The van der Waals surface area contributed by atoms with E-state index in [4.69, 9.17) is 0 Å². The molecular formula is C21H34N4O. The van der Waals surface area contributed by atoms with Crippen LogP contribution in [-0.4, -0.2) is 24.5 Å². The van der Waals surface area contributed by atoms with E-state index in [-0.39, 0.29) is 11.8 Å². The third kappa shape index (κ3) is 6.36. The smallest absolute Gasteiger partial charge is 0.227 e. The standard InChI is InChI=1S/C21H34N4O/c1-5-22-21(24-16(4)15(2)3)23-14-17-9-8-12-19(13-17)25-20(26)18-10-6-7-11-18/h8-9,12-13,15-16,18H,5-7,10-11,14H2,1-4H3,(H,25,26)(H2,22,23,24). The molecule has 1 aliphatic carbocycles. The predicted molar refractivity (Wildman–Crippen MR) is 109 cm³/mol. The Kier molecular flexibility index (Phi) is 7.95. The Morgan fingerprint density at radius 1 is 1.23 bits per heavy atom. The first kappa shape index (κ1) is 20.3. The summed E-state index contributed by atoms with van der Waals surface area (Å²) in [6.45, 7) is 10.0. The Morgan fingerprint density at radius 3 is 2.62 bits per heavy atom. The van der Waals surface area contributed by atoms with Gasteiger partial charge < -0.3 is 16.0 Å². The average molecular weight is 359 g/mol. The van der Waals surface area contributed by atoms with Crippen LogP contribution < -0.4 is 16.0 Å². The second-order valence-corrected chi connectivity index (χ2v) is 7.54. The molecule has 0 radical (unpaired) electrons. The molecule has 1 fully saturated rings. The summed E-state index contributed by atoms with van der Waals surface area (Å²) in [5.74, 6) is 1.70. The number of anilines is 1. The molecular weight excluding hydrogens is 324 g/mol. The zero-order valence-corrected chi connectivity index (χ0v) is 16.6. The van der Waals surface area contributed by atoms with Crippen LogP contribution in [0.3, 0.4) is 0 Å². The minimum absolute atomic E-state index is 0.156. The first-order valence-electron chi connectivity index (χ1n) is 9.94. The molecule has 0 heterocycles. The zero-order chi connectivity index (χ0) is 18.9. The van der Waals surface area contributed by atoms with Crippen molar-refractivity contribution in [3.8, 4) is 0 Å². The molecule has 0 spiro atoms. The molecule has 1 aliphatic rings. The number of guanidine groups is 1. The fraction of sp³-hybridized carbons (Fsp3) is 0.619. The lowest BCUT2D eigenvalue weighted by Crippen LogP contribution is -2.44. The second kappa shape index (κ2) is 10.2. The highest BCUT2D eigenvalue weighted by Gasteiger charge is 2.22. The molecule has 1 aromatic rings. The fourth-order valence-electron chi connectivity index (χ4n) is 3.05. The molecule has 1 saturated carbocycles. The van der Waals surface area contributed by atoms with Crippen LogP contribution in [0.4, 0.5) is 5.69 Å². The maximum Gasteiger partial charge on any atom is 0.227 e. The summed E-state index contributed by atoms with van der Waals surface area (Å²) in [5.41, 5.74) is 1.95. The highest BCUT2D eigenvalue weighted by atomic mass is 16.1. The van der Waals surface area contributed by atoms with E-state index in [2.05, 4.69) is 48.6 Å². The summed E-state index contributed by atoms with van der Waals surface area (Å²) < 4.78 is 0. The number of carbonyl (C=O) groups excluding carboxylic acids is 1. The quantitative estimate of drug-likeness (QED) is 0.511. The van der Waals surface area contributed by atoms with Gasteiger partial charge in [-0.25, -0.2) is 4.99 Å². The Bertz CT molecular complexity index is 606.